The van der Waals surface area contributed by atoms with Gasteiger partial charge < -0.3 is 14.5 Å². The van der Waals surface area contributed by atoms with E-state index in [9.17, 15) is 19.7 Å². The van der Waals surface area contributed by atoms with Crippen molar-refractivity contribution in [3.05, 3.63) is 64.7 Å². The highest BCUT2D eigenvalue weighted by Gasteiger charge is 2.22. The monoisotopic (exact) mass is 415 g/mol. The highest BCUT2D eigenvalue weighted by atomic mass is 32.2. The molecule has 8 nitrogen and oxygen atoms in total. The van der Waals surface area contributed by atoms with Crippen LogP contribution < -0.4 is 4.90 Å². The van der Waals surface area contributed by atoms with Gasteiger partial charge in [-0.25, -0.2) is 0 Å². The molecule has 0 radical (unpaired) electrons. The second-order valence-corrected chi connectivity index (χ2v) is 7.39. The topological polar surface area (TPSA) is 93.0 Å². The van der Waals surface area contributed by atoms with E-state index in [1.54, 1.807) is 23.1 Å². The van der Waals surface area contributed by atoms with Crippen molar-refractivity contribution >= 4 is 35.0 Å². The fraction of sp³-hybridized carbons (Fsp3) is 0.300. The van der Waals surface area contributed by atoms with Gasteiger partial charge in [0.05, 0.1) is 15.6 Å². The first-order chi connectivity index (χ1) is 14.0. The Hall–Kier alpha value is -3.07. The van der Waals surface area contributed by atoms with Crippen LogP contribution in [0.25, 0.3) is 0 Å². The Morgan fingerprint density at radius 3 is 2.34 bits per heavy atom. The van der Waals surface area contributed by atoms with Crippen LogP contribution in [0.5, 0.6) is 0 Å². The van der Waals surface area contributed by atoms with E-state index >= 15 is 0 Å². The van der Waals surface area contributed by atoms with Crippen molar-refractivity contribution in [2.24, 2.45) is 0 Å². The summed E-state index contributed by atoms with van der Waals surface area (Å²) in [5.74, 6) is -0.911. The van der Waals surface area contributed by atoms with Gasteiger partial charge in [-0.2, -0.15) is 0 Å². The lowest BCUT2D eigenvalue weighted by Gasteiger charge is -2.36. The van der Waals surface area contributed by atoms with Crippen LogP contribution in [0.2, 0.25) is 0 Å². The number of thioether (sulfide) groups is 1. The van der Waals surface area contributed by atoms with Gasteiger partial charge in [0, 0.05) is 37.9 Å². The van der Waals surface area contributed by atoms with Gasteiger partial charge in [-0.05, 0) is 18.2 Å². The molecule has 1 aliphatic rings. The summed E-state index contributed by atoms with van der Waals surface area (Å²) in [6.07, 6.45) is 0. The first-order valence-corrected chi connectivity index (χ1v) is 10.1. The number of nitrogens with zero attached hydrogens (tertiary/aromatic N) is 3. The van der Waals surface area contributed by atoms with E-state index in [2.05, 4.69) is 4.90 Å². The van der Waals surface area contributed by atoms with Gasteiger partial charge in [-0.15, -0.1) is 11.8 Å². The number of piperazine rings is 1. The second kappa shape index (κ2) is 9.92. The molecule has 0 saturated carbocycles. The zero-order valence-electron chi connectivity index (χ0n) is 15.7. The normalized spacial score (nSPS) is 13.8. The number of nitro benzene ring substituents is 1. The summed E-state index contributed by atoms with van der Waals surface area (Å²) in [5, 5.41) is 11.0. The van der Waals surface area contributed by atoms with E-state index in [1.807, 2.05) is 30.3 Å². The molecule has 0 N–H and O–H groups in total. The molecule has 0 aliphatic carbocycles. The lowest BCUT2D eigenvalue weighted by molar-refractivity contribution is -0.387. The molecule has 0 unspecified atom stereocenters. The first kappa shape index (κ1) is 20.7. The van der Waals surface area contributed by atoms with Gasteiger partial charge in [0.25, 0.3) is 11.6 Å². The van der Waals surface area contributed by atoms with E-state index in [4.69, 9.17) is 4.74 Å². The molecule has 152 valence electrons. The molecule has 2 aromatic carbocycles. The zero-order chi connectivity index (χ0) is 20.6. The van der Waals surface area contributed by atoms with Gasteiger partial charge in [0.2, 0.25) is 0 Å². The number of benzene rings is 2. The van der Waals surface area contributed by atoms with E-state index in [0.29, 0.717) is 18.0 Å². The predicted molar refractivity (Wildman–Crippen MR) is 110 cm³/mol. The van der Waals surface area contributed by atoms with Crippen LogP contribution in [0.4, 0.5) is 11.4 Å². The standard InChI is InChI=1S/C20H21N3O5S/c24-19(22-12-10-21(11-13-22)16-6-2-1-3-7-16)14-28-20(25)15-29-18-9-5-4-8-17(18)23(26)27/h1-9H,10-15H2. The number of ether oxygens (including phenoxy) is 1. The molecule has 1 saturated heterocycles. The van der Waals surface area contributed by atoms with Crippen LogP contribution in [0.3, 0.4) is 0 Å². The van der Waals surface area contributed by atoms with Crippen molar-refractivity contribution in [1.29, 1.82) is 0 Å². The van der Waals surface area contributed by atoms with Crippen molar-refractivity contribution < 1.29 is 19.2 Å². The summed E-state index contributed by atoms with van der Waals surface area (Å²) < 4.78 is 5.06. The molecule has 1 heterocycles. The Labute approximate surface area is 172 Å². The largest absolute Gasteiger partial charge is 0.455 e. The summed E-state index contributed by atoms with van der Waals surface area (Å²) >= 11 is 1.02. The number of esters is 1. The molecule has 0 aromatic heterocycles. The molecular formula is C20H21N3O5S. The van der Waals surface area contributed by atoms with Crippen molar-refractivity contribution in [2.45, 2.75) is 4.90 Å². The fourth-order valence-corrected chi connectivity index (χ4v) is 3.82. The van der Waals surface area contributed by atoms with E-state index < -0.39 is 10.9 Å². The van der Waals surface area contributed by atoms with Crippen molar-refractivity contribution in [1.82, 2.24) is 4.90 Å². The minimum atomic E-state index is -0.579. The molecule has 0 spiro atoms. The van der Waals surface area contributed by atoms with Crippen LogP contribution in [0, 0.1) is 10.1 Å². The summed E-state index contributed by atoms with van der Waals surface area (Å²) in [5.41, 5.74) is 1.07. The Balaban J connectivity index is 1.41. The maximum Gasteiger partial charge on any atom is 0.316 e. The fourth-order valence-electron chi connectivity index (χ4n) is 2.99. The number of carbonyl (C=O) groups is 2. The number of hydrogen-bond acceptors (Lipinski definition) is 7. The number of hydrogen-bond donors (Lipinski definition) is 0. The van der Waals surface area contributed by atoms with Gasteiger partial charge in [-0.1, -0.05) is 30.3 Å². The van der Waals surface area contributed by atoms with E-state index in [0.717, 1.165) is 30.5 Å². The quantitative estimate of drug-likeness (QED) is 0.297. The molecular weight excluding hydrogens is 394 g/mol. The zero-order valence-corrected chi connectivity index (χ0v) is 16.5. The number of carbonyl (C=O) groups excluding carboxylic acids is 2. The number of amides is 1. The molecule has 9 heteroatoms. The van der Waals surface area contributed by atoms with Gasteiger partial charge >= 0.3 is 5.97 Å². The third-order valence-electron chi connectivity index (χ3n) is 4.52. The Morgan fingerprint density at radius 2 is 1.66 bits per heavy atom. The summed E-state index contributed by atoms with van der Waals surface area (Å²) in [7, 11) is 0. The van der Waals surface area contributed by atoms with Crippen molar-refractivity contribution in [2.75, 3.05) is 43.4 Å². The molecule has 3 rings (SSSR count). The lowest BCUT2D eigenvalue weighted by atomic mass is 10.2. The Kier molecular flexibility index (Phi) is 7.07. The smallest absolute Gasteiger partial charge is 0.316 e. The van der Waals surface area contributed by atoms with Crippen molar-refractivity contribution in [3.8, 4) is 0 Å². The average Bonchev–Trinajstić information content (AvgIpc) is 2.77. The SMILES string of the molecule is O=C(CSc1ccccc1[N+](=O)[O-])OCC(=O)N1CCN(c2ccccc2)CC1. The molecule has 29 heavy (non-hydrogen) atoms. The van der Waals surface area contributed by atoms with Crippen LogP contribution in [-0.2, 0) is 14.3 Å². The number of nitro groups is 1. The minimum Gasteiger partial charge on any atom is -0.455 e. The molecule has 0 atom stereocenters. The molecule has 0 bridgehead atoms. The highest BCUT2D eigenvalue weighted by molar-refractivity contribution is 8.00. The maximum absolute atomic E-state index is 12.3. The third kappa shape index (κ3) is 5.71. The second-order valence-electron chi connectivity index (χ2n) is 6.38. The van der Waals surface area contributed by atoms with Crippen LogP contribution in [-0.4, -0.2) is 60.2 Å². The Morgan fingerprint density at radius 1 is 1.00 bits per heavy atom. The van der Waals surface area contributed by atoms with Gasteiger partial charge in [0.1, 0.15) is 0 Å². The third-order valence-corrected chi connectivity index (χ3v) is 5.55. The predicted octanol–water partition coefficient (Wildman–Crippen LogP) is 2.58. The summed E-state index contributed by atoms with van der Waals surface area (Å²) in [4.78, 5) is 39.0. The summed E-state index contributed by atoms with van der Waals surface area (Å²) in [6, 6.07) is 16.2. The molecule has 1 aliphatic heterocycles. The molecule has 1 fully saturated rings. The lowest BCUT2D eigenvalue weighted by Crippen LogP contribution is -2.49. The first-order valence-electron chi connectivity index (χ1n) is 9.14. The van der Waals surface area contributed by atoms with Crippen molar-refractivity contribution in [3.63, 3.8) is 0 Å². The highest BCUT2D eigenvalue weighted by Crippen LogP contribution is 2.28. The van der Waals surface area contributed by atoms with E-state index in [-0.39, 0.29) is 24.0 Å². The number of para-hydroxylation sites is 2. The summed E-state index contributed by atoms with van der Waals surface area (Å²) in [6.45, 7) is 2.25. The number of rotatable bonds is 7. The van der Waals surface area contributed by atoms with Crippen LogP contribution >= 0.6 is 11.8 Å². The Bertz CT molecular complexity index is 869. The molecule has 1 amide bonds. The van der Waals surface area contributed by atoms with E-state index in [1.165, 1.54) is 6.07 Å². The van der Waals surface area contributed by atoms with Gasteiger partial charge in [-0.3, -0.25) is 19.7 Å². The van der Waals surface area contributed by atoms with Gasteiger partial charge in [0.15, 0.2) is 6.61 Å². The van der Waals surface area contributed by atoms with Crippen LogP contribution in [0.15, 0.2) is 59.5 Å². The maximum atomic E-state index is 12.3. The molecule has 2 aromatic rings. The average molecular weight is 415 g/mol. The number of anilines is 1. The minimum absolute atomic E-state index is 0.0577. The van der Waals surface area contributed by atoms with Crippen LogP contribution in [0.1, 0.15) is 0 Å².